The van der Waals surface area contributed by atoms with E-state index in [1.807, 2.05) is 37.4 Å². The standard InChI is InChI=1S/C16H20N2O/c1-3-15(17-2)16-10-9-14(11-18-16)19-12-13-7-5-4-6-8-13/h4-11,15,17H,3,12H2,1-2H3. The van der Waals surface area contributed by atoms with Gasteiger partial charge in [-0.05, 0) is 31.2 Å². The number of rotatable bonds is 6. The first-order chi connectivity index (χ1) is 9.33. The van der Waals surface area contributed by atoms with Crippen LogP contribution >= 0.6 is 0 Å². The summed E-state index contributed by atoms with van der Waals surface area (Å²) < 4.78 is 5.71. The van der Waals surface area contributed by atoms with Crippen LogP contribution in [-0.2, 0) is 6.61 Å². The highest BCUT2D eigenvalue weighted by Crippen LogP contribution is 2.17. The SMILES string of the molecule is CCC(NC)c1ccc(OCc2ccccc2)cn1. The van der Waals surface area contributed by atoms with Crippen LogP contribution in [0, 0.1) is 0 Å². The Morgan fingerprint density at radius 2 is 1.95 bits per heavy atom. The van der Waals surface area contributed by atoms with E-state index in [9.17, 15) is 0 Å². The van der Waals surface area contributed by atoms with E-state index in [4.69, 9.17) is 4.74 Å². The van der Waals surface area contributed by atoms with Gasteiger partial charge in [0, 0.05) is 6.04 Å². The number of pyridine rings is 1. The van der Waals surface area contributed by atoms with Crippen LogP contribution in [0.1, 0.15) is 30.6 Å². The Labute approximate surface area is 114 Å². The van der Waals surface area contributed by atoms with Crippen molar-refractivity contribution in [2.45, 2.75) is 26.0 Å². The molecule has 0 saturated heterocycles. The Balaban J connectivity index is 1.95. The van der Waals surface area contributed by atoms with Crippen LogP contribution in [0.25, 0.3) is 0 Å². The molecule has 0 amide bonds. The molecular weight excluding hydrogens is 236 g/mol. The fraction of sp³-hybridized carbons (Fsp3) is 0.312. The lowest BCUT2D eigenvalue weighted by Crippen LogP contribution is -2.16. The van der Waals surface area contributed by atoms with Crippen LogP contribution in [-0.4, -0.2) is 12.0 Å². The van der Waals surface area contributed by atoms with Crippen LogP contribution in [0.5, 0.6) is 5.75 Å². The summed E-state index contributed by atoms with van der Waals surface area (Å²) in [4.78, 5) is 4.45. The fourth-order valence-corrected chi connectivity index (χ4v) is 1.99. The molecule has 2 rings (SSSR count). The third-order valence-electron chi connectivity index (χ3n) is 3.12. The zero-order chi connectivity index (χ0) is 13.5. The minimum Gasteiger partial charge on any atom is -0.487 e. The lowest BCUT2D eigenvalue weighted by Gasteiger charge is -2.13. The summed E-state index contributed by atoms with van der Waals surface area (Å²) in [5.41, 5.74) is 2.21. The normalized spacial score (nSPS) is 12.1. The third kappa shape index (κ3) is 3.80. The molecule has 19 heavy (non-hydrogen) atoms. The van der Waals surface area contributed by atoms with Crippen molar-refractivity contribution >= 4 is 0 Å². The molecule has 0 aliphatic rings. The van der Waals surface area contributed by atoms with Crippen molar-refractivity contribution in [3.8, 4) is 5.75 Å². The summed E-state index contributed by atoms with van der Waals surface area (Å²) in [6.07, 6.45) is 2.81. The average molecular weight is 256 g/mol. The molecule has 2 aromatic rings. The van der Waals surface area contributed by atoms with Gasteiger partial charge in [0.15, 0.2) is 0 Å². The molecule has 0 saturated carbocycles. The van der Waals surface area contributed by atoms with Gasteiger partial charge in [0.2, 0.25) is 0 Å². The Morgan fingerprint density at radius 3 is 2.53 bits per heavy atom. The van der Waals surface area contributed by atoms with E-state index >= 15 is 0 Å². The lowest BCUT2D eigenvalue weighted by molar-refractivity contribution is 0.304. The molecular formula is C16H20N2O. The van der Waals surface area contributed by atoms with Gasteiger partial charge in [0.05, 0.1) is 11.9 Å². The molecule has 0 fully saturated rings. The van der Waals surface area contributed by atoms with Gasteiger partial charge >= 0.3 is 0 Å². The van der Waals surface area contributed by atoms with Crippen LogP contribution in [0.2, 0.25) is 0 Å². The molecule has 1 aromatic heterocycles. The summed E-state index contributed by atoms with van der Waals surface area (Å²) in [7, 11) is 1.95. The largest absolute Gasteiger partial charge is 0.487 e. The first-order valence-electron chi connectivity index (χ1n) is 6.63. The average Bonchev–Trinajstić information content (AvgIpc) is 2.49. The van der Waals surface area contributed by atoms with E-state index in [1.54, 1.807) is 6.20 Å². The molecule has 1 aromatic carbocycles. The number of benzene rings is 1. The smallest absolute Gasteiger partial charge is 0.138 e. The van der Waals surface area contributed by atoms with Crippen molar-refractivity contribution in [1.82, 2.24) is 10.3 Å². The second kappa shape index (κ2) is 6.90. The number of nitrogens with zero attached hydrogens (tertiary/aromatic N) is 1. The maximum Gasteiger partial charge on any atom is 0.138 e. The Kier molecular flexibility index (Phi) is 4.93. The minimum atomic E-state index is 0.308. The molecule has 1 heterocycles. The highest BCUT2D eigenvalue weighted by Gasteiger charge is 2.07. The van der Waals surface area contributed by atoms with Crippen molar-refractivity contribution < 1.29 is 4.74 Å². The zero-order valence-electron chi connectivity index (χ0n) is 11.5. The van der Waals surface area contributed by atoms with E-state index in [0.717, 1.165) is 23.4 Å². The molecule has 1 atom stereocenters. The summed E-state index contributed by atoms with van der Waals surface area (Å²) in [5, 5.41) is 3.24. The maximum absolute atomic E-state index is 5.71. The Bertz CT molecular complexity index is 478. The second-order valence-electron chi connectivity index (χ2n) is 4.44. The number of aromatic nitrogens is 1. The number of nitrogens with one attached hydrogen (secondary N) is 1. The van der Waals surface area contributed by atoms with Gasteiger partial charge in [-0.1, -0.05) is 37.3 Å². The summed E-state index contributed by atoms with van der Waals surface area (Å²) in [5.74, 6) is 0.804. The Morgan fingerprint density at radius 1 is 1.16 bits per heavy atom. The summed E-state index contributed by atoms with van der Waals surface area (Å²) in [6.45, 7) is 2.72. The van der Waals surface area contributed by atoms with Crippen molar-refractivity contribution in [3.63, 3.8) is 0 Å². The number of hydrogen-bond acceptors (Lipinski definition) is 3. The van der Waals surface area contributed by atoms with E-state index in [1.165, 1.54) is 0 Å². The topological polar surface area (TPSA) is 34.1 Å². The van der Waals surface area contributed by atoms with Gasteiger partial charge in [-0.15, -0.1) is 0 Å². The van der Waals surface area contributed by atoms with Gasteiger partial charge in [-0.2, -0.15) is 0 Å². The van der Waals surface area contributed by atoms with Crippen LogP contribution in [0.15, 0.2) is 48.7 Å². The molecule has 0 bridgehead atoms. The minimum absolute atomic E-state index is 0.308. The van der Waals surface area contributed by atoms with Crippen molar-refractivity contribution in [2.24, 2.45) is 0 Å². The van der Waals surface area contributed by atoms with Gasteiger partial charge in [0.1, 0.15) is 12.4 Å². The number of hydrogen-bond donors (Lipinski definition) is 1. The Hall–Kier alpha value is -1.87. The van der Waals surface area contributed by atoms with Crippen molar-refractivity contribution in [2.75, 3.05) is 7.05 Å². The molecule has 0 aliphatic carbocycles. The molecule has 0 aliphatic heterocycles. The van der Waals surface area contributed by atoms with Gasteiger partial charge in [-0.25, -0.2) is 0 Å². The maximum atomic E-state index is 5.71. The summed E-state index contributed by atoms with van der Waals surface area (Å²) >= 11 is 0. The van der Waals surface area contributed by atoms with Gasteiger partial charge in [-0.3, -0.25) is 4.98 Å². The van der Waals surface area contributed by atoms with Crippen LogP contribution in [0.4, 0.5) is 0 Å². The summed E-state index contributed by atoms with van der Waals surface area (Å²) in [6, 6.07) is 14.4. The molecule has 100 valence electrons. The van der Waals surface area contributed by atoms with Crippen LogP contribution < -0.4 is 10.1 Å². The van der Waals surface area contributed by atoms with Crippen molar-refractivity contribution in [3.05, 3.63) is 59.9 Å². The predicted octanol–water partition coefficient (Wildman–Crippen LogP) is 3.33. The van der Waals surface area contributed by atoms with E-state index < -0.39 is 0 Å². The zero-order valence-corrected chi connectivity index (χ0v) is 11.5. The van der Waals surface area contributed by atoms with Crippen LogP contribution in [0.3, 0.4) is 0 Å². The monoisotopic (exact) mass is 256 g/mol. The van der Waals surface area contributed by atoms with Gasteiger partial charge < -0.3 is 10.1 Å². The third-order valence-corrected chi connectivity index (χ3v) is 3.12. The highest BCUT2D eigenvalue weighted by atomic mass is 16.5. The lowest BCUT2D eigenvalue weighted by atomic mass is 10.1. The highest BCUT2D eigenvalue weighted by molar-refractivity contribution is 5.22. The van der Waals surface area contributed by atoms with Crippen molar-refractivity contribution in [1.29, 1.82) is 0 Å². The molecule has 0 spiro atoms. The molecule has 1 N–H and O–H groups in total. The molecule has 3 heteroatoms. The quantitative estimate of drug-likeness (QED) is 0.860. The second-order valence-corrected chi connectivity index (χ2v) is 4.44. The first kappa shape index (κ1) is 13.6. The predicted molar refractivity (Wildman–Crippen MR) is 77.1 cm³/mol. The fourth-order valence-electron chi connectivity index (χ4n) is 1.99. The molecule has 0 radical (unpaired) electrons. The van der Waals surface area contributed by atoms with E-state index in [-0.39, 0.29) is 0 Å². The number of ether oxygens (including phenoxy) is 1. The first-order valence-corrected chi connectivity index (χ1v) is 6.63. The van der Waals surface area contributed by atoms with Gasteiger partial charge in [0.25, 0.3) is 0 Å². The van der Waals surface area contributed by atoms with E-state index in [0.29, 0.717) is 12.6 Å². The molecule has 3 nitrogen and oxygen atoms in total. The van der Waals surface area contributed by atoms with E-state index in [2.05, 4.69) is 29.4 Å². The molecule has 1 unspecified atom stereocenters.